The van der Waals surface area contributed by atoms with E-state index in [2.05, 4.69) is 49.0 Å². The molecule has 7 nitrogen and oxygen atoms in total. The third-order valence-corrected chi connectivity index (χ3v) is 5.85. The number of anilines is 1. The Kier molecular flexibility index (Phi) is 6.08. The van der Waals surface area contributed by atoms with Crippen LogP contribution in [0.4, 0.5) is 10.6 Å². The Bertz CT molecular complexity index is 1230. The number of benzene rings is 1. The Balaban J connectivity index is 1.72. The molecule has 0 atom stereocenters. The number of nitrogens with zero attached hydrogens (tertiary/aromatic N) is 4. The smallest absolute Gasteiger partial charge is 0.407 e. The predicted octanol–water partition coefficient (Wildman–Crippen LogP) is 4.90. The monoisotopic (exact) mass is 481 g/mol. The molecule has 1 amide bonds. The summed E-state index contributed by atoms with van der Waals surface area (Å²) in [5, 5.41) is 11.3. The highest BCUT2D eigenvalue weighted by atomic mass is 79.9. The van der Waals surface area contributed by atoms with Gasteiger partial charge in [-0.3, -0.25) is 4.98 Å². The van der Waals surface area contributed by atoms with Gasteiger partial charge in [-0.15, -0.1) is 0 Å². The number of carboxylic acid groups (broad SMARTS) is 1. The van der Waals surface area contributed by atoms with E-state index in [-0.39, 0.29) is 0 Å². The van der Waals surface area contributed by atoms with Crippen molar-refractivity contribution in [3.8, 4) is 0 Å². The molecular formula is C23H24BrN5O2. The molecule has 0 radical (unpaired) electrons. The van der Waals surface area contributed by atoms with Gasteiger partial charge < -0.3 is 19.9 Å². The molecular weight excluding hydrogens is 458 g/mol. The van der Waals surface area contributed by atoms with E-state index in [0.29, 0.717) is 25.9 Å². The predicted molar refractivity (Wildman–Crippen MR) is 127 cm³/mol. The second-order valence-corrected chi connectivity index (χ2v) is 8.61. The van der Waals surface area contributed by atoms with Crippen molar-refractivity contribution in [1.29, 1.82) is 0 Å². The normalized spacial score (nSPS) is 11.2. The maximum Gasteiger partial charge on any atom is 0.407 e. The average Bonchev–Trinajstić information content (AvgIpc) is 3.10. The van der Waals surface area contributed by atoms with Gasteiger partial charge in [-0.1, -0.05) is 28.1 Å². The number of nitrogens with one attached hydrogen (secondary N) is 1. The zero-order valence-electron chi connectivity index (χ0n) is 17.5. The van der Waals surface area contributed by atoms with E-state index in [1.807, 2.05) is 31.4 Å². The summed E-state index contributed by atoms with van der Waals surface area (Å²) in [6.07, 6.45) is 4.11. The van der Waals surface area contributed by atoms with Crippen molar-refractivity contribution in [3.05, 3.63) is 64.5 Å². The van der Waals surface area contributed by atoms with Crippen LogP contribution in [-0.4, -0.2) is 58.2 Å². The van der Waals surface area contributed by atoms with E-state index in [1.165, 1.54) is 4.90 Å². The first-order valence-electron chi connectivity index (χ1n) is 10.1. The highest BCUT2D eigenvalue weighted by Gasteiger charge is 2.16. The molecule has 4 rings (SSSR count). The van der Waals surface area contributed by atoms with Crippen molar-refractivity contribution in [2.24, 2.45) is 0 Å². The molecule has 4 aromatic rings. The van der Waals surface area contributed by atoms with E-state index in [4.69, 9.17) is 10.1 Å². The molecule has 0 aliphatic heterocycles. The largest absolute Gasteiger partial charge is 0.465 e. The van der Waals surface area contributed by atoms with Gasteiger partial charge in [0.15, 0.2) is 0 Å². The molecule has 0 spiro atoms. The summed E-state index contributed by atoms with van der Waals surface area (Å²) in [6.45, 7) is 1.16. The molecule has 0 unspecified atom stereocenters. The van der Waals surface area contributed by atoms with Crippen molar-refractivity contribution < 1.29 is 9.90 Å². The van der Waals surface area contributed by atoms with Crippen LogP contribution in [0.15, 0.2) is 53.3 Å². The number of aromatic nitrogens is 3. The van der Waals surface area contributed by atoms with E-state index in [0.717, 1.165) is 43.4 Å². The lowest BCUT2D eigenvalue weighted by Gasteiger charge is -2.22. The fraction of sp³-hybridized carbons (Fsp3) is 0.261. The highest BCUT2D eigenvalue weighted by molar-refractivity contribution is 9.10. The van der Waals surface area contributed by atoms with Gasteiger partial charge in [0.1, 0.15) is 5.82 Å². The number of hydrogen-bond donors (Lipinski definition) is 2. The van der Waals surface area contributed by atoms with Crippen molar-refractivity contribution in [2.75, 3.05) is 32.1 Å². The number of halogens is 1. The molecule has 31 heavy (non-hydrogen) atoms. The average molecular weight is 482 g/mol. The number of hydrogen-bond acceptors (Lipinski definition) is 4. The lowest BCUT2D eigenvalue weighted by atomic mass is 10.1. The maximum atomic E-state index is 11.1. The molecule has 8 heteroatoms. The summed E-state index contributed by atoms with van der Waals surface area (Å²) in [6, 6.07) is 12.3. The Morgan fingerprint density at radius 3 is 2.74 bits per heavy atom. The molecule has 2 N–H and O–H groups in total. The van der Waals surface area contributed by atoms with Gasteiger partial charge in [0, 0.05) is 72.5 Å². The molecule has 0 bridgehead atoms. The van der Waals surface area contributed by atoms with Crippen LogP contribution in [0.1, 0.15) is 17.7 Å². The SMILES string of the molecule is CN(CCCN(C)c1nc(Cc2cccnc2)cc2[nH]c3cc(Br)ccc3c12)C(=O)O. The molecule has 0 aliphatic carbocycles. The summed E-state index contributed by atoms with van der Waals surface area (Å²) >= 11 is 3.55. The minimum atomic E-state index is -0.913. The zero-order chi connectivity index (χ0) is 22.0. The number of carbonyl (C=O) groups is 1. The van der Waals surface area contributed by atoms with Gasteiger partial charge in [0.25, 0.3) is 0 Å². The van der Waals surface area contributed by atoms with Gasteiger partial charge in [0.2, 0.25) is 0 Å². The summed E-state index contributed by atoms with van der Waals surface area (Å²) in [4.78, 5) is 27.2. The molecule has 0 aliphatic rings. The van der Waals surface area contributed by atoms with Crippen LogP contribution in [-0.2, 0) is 6.42 Å². The first-order chi connectivity index (χ1) is 14.9. The van der Waals surface area contributed by atoms with Gasteiger partial charge in [-0.2, -0.15) is 0 Å². The number of rotatable bonds is 7. The minimum Gasteiger partial charge on any atom is -0.465 e. The third kappa shape index (κ3) is 4.64. The summed E-state index contributed by atoms with van der Waals surface area (Å²) in [5.74, 6) is 0.892. The third-order valence-electron chi connectivity index (χ3n) is 5.36. The Labute approximate surface area is 188 Å². The number of aromatic amines is 1. The van der Waals surface area contributed by atoms with Gasteiger partial charge in [-0.25, -0.2) is 9.78 Å². The molecule has 0 fully saturated rings. The van der Waals surface area contributed by atoms with Crippen molar-refractivity contribution in [3.63, 3.8) is 0 Å². The summed E-state index contributed by atoms with van der Waals surface area (Å²) in [5.41, 5.74) is 4.14. The first kappa shape index (κ1) is 21.1. The number of amides is 1. The quantitative estimate of drug-likeness (QED) is 0.392. The molecule has 0 saturated heterocycles. The second kappa shape index (κ2) is 8.93. The number of H-pyrrole nitrogens is 1. The Morgan fingerprint density at radius 2 is 2.00 bits per heavy atom. The summed E-state index contributed by atoms with van der Waals surface area (Å²) < 4.78 is 1.02. The van der Waals surface area contributed by atoms with E-state index < -0.39 is 6.09 Å². The lowest BCUT2D eigenvalue weighted by Crippen LogP contribution is -2.29. The van der Waals surface area contributed by atoms with Gasteiger partial charge >= 0.3 is 6.09 Å². The molecule has 3 aromatic heterocycles. The zero-order valence-corrected chi connectivity index (χ0v) is 19.1. The highest BCUT2D eigenvalue weighted by Crippen LogP contribution is 2.34. The number of fused-ring (bicyclic) bond motifs is 3. The molecule has 0 saturated carbocycles. The maximum absolute atomic E-state index is 11.1. The first-order valence-corrected chi connectivity index (χ1v) is 10.9. The van der Waals surface area contributed by atoms with E-state index in [1.54, 1.807) is 13.2 Å². The fourth-order valence-electron chi connectivity index (χ4n) is 3.76. The van der Waals surface area contributed by atoms with Crippen LogP contribution in [0.25, 0.3) is 21.8 Å². The van der Waals surface area contributed by atoms with Crippen molar-refractivity contribution in [1.82, 2.24) is 19.9 Å². The van der Waals surface area contributed by atoms with Crippen LogP contribution in [0.2, 0.25) is 0 Å². The fourth-order valence-corrected chi connectivity index (χ4v) is 4.12. The second-order valence-electron chi connectivity index (χ2n) is 7.69. The molecule has 1 aromatic carbocycles. The lowest BCUT2D eigenvalue weighted by molar-refractivity contribution is 0.155. The van der Waals surface area contributed by atoms with Crippen molar-refractivity contribution >= 4 is 49.6 Å². The molecule has 160 valence electrons. The van der Waals surface area contributed by atoms with E-state index >= 15 is 0 Å². The summed E-state index contributed by atoms with van der Waals surface area (Å²) in [7, 11) is 3.60. The van der Waals surface area contributed by atoms with Crippen LogP contribution in [0, 0.1) is 0 Å². The topological polar surface area (TPSA) is 85.4 Å². The minimum absolute atomic E-state index is 0.471. The Hall–Kier alpha value is -3.13. The van der Waals surface area contributed by atoms with Crippen LogP contribution >= 0.6 is 15.9 Å². The Morgan fingerprint density at radius 1 is 1.16 bits per heavy atom. The van der Waals surface area contributed by atoms with Crippen LogP contribution in [0.5, 0.6) is 0 Å². The van der Waals surface area contributed by atoms with Gasteiger partial charge in [0.05, 0.1) is 5.52 Å². The standard InChI is InChI=1S/C23H24BrN5O2/c1-28(9-4-10-29(2)23(30)31)22-21-18-7-6-16(24)12-19(18)27-20(21)13-17(26-22)11-15-5-3-8-25-14-15/h3,5-8,12-14,27H,4,9-11H2,1-2H3,(H,30,31). The van der Waals surface area contributed by atoms with Crippen LogP contribution < -0.4 is 4.90 Å². The van der Waals surface area contributed by atoms with Gasteiger partial charge in [-0.05, 0) is 36.2 Å². The van der Waals surface area contributed by atoms with E-state index in [9.17, 15) is 4.79 Å². The van der Waals surface area contributed by atoms with Crippen LogP contribution in [0.3, 0.4) is 0 Å². The molecule has 3 heterocycles. The number of pyridine rings is 2. The van der Waals surface area contributed by atoms with Crippen molar-refractivity contribution in [2.45, 2.75) is 12.8 Å².